The molecule has 2 N–H and O–H groups in total. The Morgan fingerprint density at radius 1 is 1.43 bits per heavy atom. The monoisotopic (exact) mass is 324 g/mol. The lowest BCUT2D eigenvalue weighted by Gasteiger charge is -2.35. The molecule has 0 radical (unpaired) electrons. The molecule has 0 aliphatic carbocycles. The number of likely N-dealkylation sites (tertiary alicyclic amines) is 1. The molecule has 1 atom stereocenters. The third-order valence-corrected chi connectivity index (χ3v) is 4.52. The summed E-state index contributed by atoms with van der Waals surface area (Å²) in [5.41, 5.74) is 0. The van der Waals surface area contributed by atoms with Crippen molar-refractivity contribution >= 4 is 5.91 Å². The number of aromatic nitrogens is 2. The zero-order chi connectivity index (χ0) is 16.8. The number of hydrogen-bond acceptors (Lipinski definition) is 5. The summed E-state index contributed by atoms with van der Waals surface area (Å²) >= 11 is 0. The molecule has 7 nitrogen and oxygen atoms in total. The van der Waals surface area contributed by atoms with Crippen molar-refractivity contribution in [1.82, 2.24) is 19.4 Å². The van der Waals surface area contributed by atoms with Gasteiger partial charge in [-0.25, -0.2) is 4.98 Å². The van der Waals surface area contributed by atoms with Gasteiger partial charge in [0.2, 0.25) is 5.91 Å². The van der Waals surface area contributed by atoms with Crippen molar-refractivity contribution in [2.24, 2.45) is 0 Å². The Kier molecular flexibility index (Phi) is 6.56. The van der Waals surface area contributed by atoms with E-state index in [9.17, 15) is 9.90 Å². The van der Waals surface area contributed by atoms with Crippen LogP contribution in [0.25, 0.3) is 0 Å². The molecule has 1 aliphatic rings. The number of aliphatic hydroxyl groups excluding tert-OH is 2. The van der Waals surface area contributed by atoms with Gasteiger partial charge in [-0.1, -0.05) is 0 Å². The zero-order valence-electron chi connectivity index (χ0n) is 14.1. The second-order valence-electron chi connectivity index (χ2n) is 6.35. The molecule has 23 heavy (non-hydrogen) atoms. The molecular weight excluding hydrogens is 296 g/mol. The molecule has 1 unspecified atom stereocenters. The maximum absolute atomic E-state index is 12.4. The van der Waals surface area contributed by atoms with Gasteiger partial charge in [-0.2, -0.15) is 0 Å². The van der Waals surface area contributed by atoms with Crippen molar-refractivity contribution in [3.05, 3.63) is 18.2 Å². The molecule has 0 saturated carbocycles. The maximum Gasteiger partial charge on any atom is 0.225 e. The summed E-state index contributed by atoms with van der Waals surface area (Å²) in [5, 5.41) is 19.2. The summed E-state index contributed by atoms with van der Waals surface area (Å²) in [4.78, 5) is 20.6. The molecule has 130 valence electrons. The Morgan fingerprint density at radius 3 is 2.74 bits per heavy atom. The van der Waals surface area contributed by atoms with Gasteiger partial charge >= 0.3 is 0 Å². The SMILES string of the molecule is CN(C)C1CCN(C(=O)CC(O)c2nccn2CCCO)CC1. The predicted octanol–water partition coefficient (Wildman–Crippen LogP) is 0.242. The Hall–Kier alpha value is -1.44. The molecule has 1 amide bonds. The van der Waals surface area contributed by atoms with E-state index >= 15 is 0 Å². The minimum atomic E-state index is -0.900. The number of aryl methyl sites for hydroxylation is 1. The third-order valence-electron chi connectivity index (χ3n) is 4.52. The van der Waals surface area contributed by atoms with Crippen molar-refractivity contribution in [3.8, 4) is 0 Å². The lowest BCUT2D eigenvalue weighted by molar-refractivity contribution is -0.135. The minimum absolute atomic E-state index is 0.0218. The van der Waals surface area contributed by atoms with Gasteiger partial charge in [-0.15, -0.1) is 0 Å². The van der Waals surface area contributed by atoms with E-state index in [1.807, 2.05) is 4.90 Å². The molecule has 0 aromatic carbocycles. The first-order valence-electron chi connectivity index (χ1n) is 8.27. The van der Waals surface area contributed by atoms with E-state index in [-0.39, 0.29) is 18.9 Å². The number of piperidine rings is 1. The summed E-state index contributed by atoms with van der Waals surface area (Å²) in [6.07, 6.45) is 5.08. The summed E-state index contributed by atoms with van der Waals surface area (Å²) in [5.74, 6) is 0.474. The second-order valence-corrected chi connectivity index (χ2v) is 6.35. The molecule has 2 heterocycles. The van der Waals surface area contributed by atoms with Crippen LogP contribution in [0.4, 0.5) is 0 Å². The van der Waals surface area contributed by atoms with Gasteiger partial charge in [0.25, 0.3) is 0 Å². The summed E-state index contributed by atoms with van der Waals surface area (Å²) in [6, 6.07) is 0.529. The highest BCUT2D eigenvalue weighted by Gasteiger charge is 2.26. The fourth-order valence-corrected chi connectivity index (χ4v) is 3.07. The smallest absolute Gasteiger partial charge is 0.225 e. The Morgan fingerprint density at radius 2 is 2.13 bits per heavy atom. The highest BCUT2D eigenvalue weighted by atomic mass is 16.3. The third kappa shape index (κ3) is 4.76. The molecule has 1 saturated heterocycles. The largest absolute Gasteiger partial charge is 0.396 e. The number of aliphatic hydroxyl groups is 2. The lowest BCUT2D eigenvalue weighted by atomic mass is 10.0. The minimum Gasteiger partial charge on any atom is -0.396 e. The van der Waals surface area contributed by atoms with Crippen LogP contribution < -0.4 is 0 Å². The fraction of sp³-hybridized carbons (Fsp3) is 0.750. The molecule has 1 aliphatic heterocycles. The van der Waals surface area contributed by atoms with E-state index in [4.69, 9.17) is 5.11 Å². The Bertz CT molecular complexity index is 495. The van der Waals surface area contributed by atoms with Crippen LogP contribution in [0.1, 0.15) is 37.6 Å². The number of nitrogens with zero attached hydrogens (tertiary/aromatic N) is 4. The van der Waals surface area contributed by atoms with E-state index < -0.39 is 6.10 Å². The first kappa shape index (κ1) is 17.9. The number of rotatable bonds is 7. The summed E-state index contributed by atoms with van der Waals surface area (Å²) < 4.78 is 1.80. The summed E-state index contributed by atoms with van der Waals surface area (Å²) in [7, 11) is 4.14. The van der Waals surface area contributed by atoms with E-state index in [2.05, 4.69) is 24.0 Å². The lowest BCUT2D eigenvalue weighted by Crippen LogP contribution is -2.44. The van der Waals surface area contributed by atoms with Crippen LogP contribution in [0.3, 0.4) is 0 Å². The van der Waals surface area contributed by atoms with Crippen LogP contribution in [0.2, 0.25) is 0 Å². The number of carbonyl (C=O) groups is 1. The number of carbonyl (C=O) groups excluding carboxylic acids is 1. The van der Waals surface area contributed by atoms with Gasteiger partial charge < -0.3 is 24.6 Å². The van der Waals surface area contributed by atoms with Gasteiger partial charge in [0.1, 0.15) is 11.9 Å². The standard InChI is InChI=1S/C16H28N4O3/c1-18(2)13-4-8-19(9-5-13)15(23)12-14(22)16-17-6-10-20(16)7-3-11-21/h6,10,13-14,21-22H,3-5,7-9,11-12H2,1-2H3. The molecule has 0 spiro atoms. The molecular formula is C16H28N4O3. The van der Waals surface area contributed by atoms with E-state index in [1.165, 1.54) is 0 Å². The number of hydrogen-bond donors (Lipinski definition) is 2. The van der Waals surface area contributed by atoms with E-state index in [1.54, 1.807) is 17.0 Å². The maximum atomic E-state index is 12.4. The first-order chi connectivity index (χ1) is 11.0. The average molecular weight is 324 g/mol. The molecule has 1 aromatic rings. The van der Waals surface area contributed by atoms with Gasteiger partial charge in [0.05, 0.1) is 6.42 Å². The molecule has 1 fully saturated rings. The topological polar surface area (TPSA) is 81.8 Å². The molecule has 1 aromatic heterocycles. The molecule has 0 bridgehead atoms. The number of amides is 1. The van der Waals surface area contributed by atoms with E-state index in [0.29, 0.717) is 24.8 Å². The van der Waals surface area contributed by atoms with Crippen LogP contribution in [-0.2, 0) is 11.3 Å². The first-order valence-corrected chi connectivity index (χ1v) is 8.27. The summed E-state index contributed by atoms with van der Waals surface area (Å²) in [6.45, 7) is 2.17. The van der Waals surface area contributed by atoms with Crippen LogP contribution >= 0.6 is 0 Å². The van der Waals surface area contributed by atoms with Crippen LogP contribution in [0.15, 0.2) is 12.4 Å². The van der Waals surface area contributed by atoms with Crippen molar-refractivity contribution in [2.45, 2.75) is 44.4 Å². The molecule has 2 rings (SSSR count). The fourth-order valence-electron chi connectivity index (χ4n) is 3.07. The number of imidazole rings is 1. The van der Waals surface area contributed by atoms with Crippen molar-refractivity contribution < 1.29 is 15.0 Å². The predicted molar refractivity (Wildman–Crippen MR) is 86.8 cm³/mol. The van der Waals surface area contributed by atoms with Crippen molar-refractivity contribution in [1.29, 1.82) is 0 Å². The van der Waals surface area contributed by atoms with Crippen LogP contribution in [0, 0.1) is 0 Å². The Balaban J connectivity index is 1.87. The quantitative estimate of drug-likeness (QED) is 0.751. The second kappa shape index (κ2) is 8.42. The van der Waals surface area contributed by atoms with Gasteiger partial charge in [-0.3, -0.25) is 4.79 Å². The molecule has 7 heteroatoms. The van der Waals surface area contributed by atoms with Crippen molar-refractivity contribution in [2.75, 3.05) is 33.8 Å². The zero-order valence-corrected chi connectivity index (χ0v) is 14.1. The highest BCUT2D eigenvalue weighted by Crippen LogP contribution is 2.20. The van der Waals surface area contributed by atoms with Crippen molar-refractivity contribution in [3.63, 3.8) is 0 Å². The normalized spacial score (nSPS) is 17.7. The van der Waals surface area contributed by atoms with Gasteiger partial charge in [0, 0.05) is 44.7 Å². The van der Waals surface area contributed by atoms with Crippen LogP contribution in [-0.4, -0.2) is 75.3 Å². The Labute approximate surface area is 137 Å². The van der Waals surface area contributed by atoms with E-state index in [0.717, 1.165) is 25.9 Å². The van der Waals surface area contributed by atoms with Gasteiger partial charge in [-0.05, 0) is 33.4 Å². The van der Waals surface area contributed by atoms with Crippen LogP contribution in [0.5, 0.6) is 0 Å². The highest BCUT2D eigenvalue weighted by molar-refractivity contribution is 5.76. The average Bonchev–Trinajstić information content (AvgIpc) is 3.01. The van der Waals surface area contributed by atoms with Gasteiger partial charge in [0.15, 0.2) is 0 Å².